The van der Waals surface area contributed by atoms with Crippen molar-refractivity contribution in [3.63, 3.8) is 0 Å². The van der Waals surface area contributed by atoms with E-state index in [4.69, 9.17) is 4.74 Å². The first kappa shape index (κ1) is 17.5. The molecule has 0 aromatic rings. The van der Waals surface area contributed by atoms with Gasteiger partial charge < -0.3 is 4.74 Å². The molecule has 0 aliphatic rings. The maximum Gasteiger partial charge on any atom is 0.309 e. The largest absolute Gasteiger partial charge is 0.460 e. The van der Waals surface area contributed by atoms with E-state index < -0.39 is 0 Å². The van der Waals surface area contributed by atoms with E-state index in [1.54, 1.807) is 0 Å². The lowest BCUT2D eigenvalue weighted by Crippen LogP contribution is -2.27. The normalized spacial score (nSPS) is 15.2. The summed E-state index contributed by atoms with van der Waals surface area (Å²) in [7, 11) is 0. The van der Waals surface area contributed by atoms with E-state index in [0.29, 0.717) is 0 Å². The molecule has 0 saturated heterocycles. The molecule has 2 unspecified atom stereocenters. The zero-order valence-electron chi connectivity index (χ0n) is 13.2. The summed E-state index contributed by atoms with van der Waals surface area (Å²) < 4.78 is 5.39. The average Bonchev–Trinajstić information content (AvgIpc) is 2.23. The summed E-state index contributed by atoms with van der Waals surface area (Å²) in [5, 5.41) is 0. The molecule has 0 aliphatic heterocycles. The Bertz CT molecular complexity index is 228. The summed E-state index contributed by atoms with van der Waals surface area (Å²) in [5.74, 6) is 0.697. The summed E-state index contributed by atoms with van der Waals surface area (Å²) in [5.41, 5.74) is -0.363. The van der Waals surface area contributed by atoms with Crippen LogP contribution >= 0.6 is 0 Å². The lowest BCUT2D eigenvalue weighted by atomic mass is 9.94. The fourth-order valence-electron chi connectivity index (χ4n) is 1.94. The van der Waals surface area contributed by atoms with Crippen LogP contribution in [0, 0.1) is 11.8 Å². The Labute approximate surface area is 113 Å². The van der Waals surface area contributed by atoms with Crippen molar-refractivity contribution < 1.29 is 9.53 Å². The third kappa shape index (κ3) is 9.49. The minimum absolute atomic E-state index is 0.0258. The van der Waals surface area contributed by atoms with E-state index in [9.17, 15) is 4.79 Å². The fourth-order valence-corrected chi connectivity index (χ4v) is 1.94. The maximum atomic E-state index is 11.8. The molecule has 0 amide bonds. The molecule has 2 nitrogen and oxygen atoms in total. The Morgan fingerprint density at radius 2 is 1.67 bits per heavy atom. The van der Waals surface area contributed by atoms with Crippen molar-refractivity contribution in [1.82, 2.24) is 0 Å². The number of hydrogen-bond acceptors (Lipinski definition) is 2. The highest BCUT2D eigenvalue weighted by molar-refractivity contribution is 5.72. The lowest BCUT2D eigenvalue weighted by Gasteiger charge is -2.22. The van der Waals surface area contributed by atoms with Crippen LogP contribution in [0.4, 0.5) is 0 Å². The molecule has 0 spiro atoms. The minimum atomic E-state index is -0.363. The van der Waals surface area contributed by atoms with Crippen LogP contribution in [0.1, 0.15) is 80.1 Å². The molecule has 108 valence electrons. The van der Waals surface area contributed by atoms with Gasteiger partial charge >= 0.3 is 5.97 Å². The second kappa shape index (κ2) is 8.55. The molecule has 0 fully saturated rings. The minimum Gasteiger partial charge on any atom is -0.460 e. The van der Waals surface area contributed by atoms with Gasteiger partial charge in [-0.2, -0.15) is 0 Å². The quantitative estimate of drug-likeness (QED) is 0.453. The van der Waals surface area contributed by atoms with Crippen molar-refractivity contribution in [2.45, 2.75) is 85.7 Å². The van der Waals surface area contributed by atoms with Gasteiger partial charge in [-0.3, -0.25) is 4.79 Å². The smallest absolute Gasteiger partial charge is 0.309 e. The number of rotatable bonds is 8. The van der Waals surface area contributed by atoms with Gasteiger partial charge in [-0.05, 0) is 39.5 Å². The summed E-state index contributed by atoms with van der Waals surface area (Å²) in [6, 6.07) is 0. The molecule has 0 saturated carbocycles. The number of hydrogen-bond donors (Lipinski definition) is 0. The molecule has 18 heavy (non-hydrogen) atoms. The van der Waals surface area contributed by atoms with Gasteiger partial charge in [0.25, 0.3) is 0 Å². The highest BCUT2D eigenvalue weighted by atomic mass is 16.6. The molecule has 0 bridgehead atoms. The lowest BCUT2D eigenvalue weighted by molar-refractivity contribution is -0.159. The average molecular weight is 256 g/mol. The molecule has 0 rings (SSSR count). The third-order valence-corrected chi connectivity index (χ3v) is 3.20. The molecule has 0 radical (unpaired) electrons. The second-order valence-electron chi connectivity index (χ2n) is 6.61. The van der Waals surface area contributed by atoms with Gasteiger partial charge in [0.05, 0.1) is 5.92 Å². The Hall–Kier alpha value is -0.530. The van der Waals surface area contributed by atoms with Crippen molar-refractivity contribution in [2.24, 2.45) is 11.8 Å². The Morgan fingerprint density at radius 3 is 2.17 bits per heavy atom. The summed E-state index contributed by atoms with van der Waals surface area (Å²) in [6.45, 7) is 12.3. The zero-order valence-corrected chi connectivity index (χ0v) is 13.2. The Morgan fingerprint density at radius 1 is 1.06 bits per heavy atom. The van der Waals surface area contributed by atoms with E-state index in [0.717, 1.165) is 18.8 Å². The van der Waals surface area contributed by atoms with Gasteiger partial charge in [-0.15, -0.1) is 0 Å². The number of esters is 1. The van der Waals surface area contributed by atoms with Crippen LogP contribution < -0.4 is 0 Å². The molecule has 0 aliphatic carbocycles. The van der Waals surface area contributed by atoms with Gasteiger partial charge in [-0.25, -0.2) is 0 Å². The van der Waals surface area contributed by atoms with E-state index in [1.807, 2.05) is 27.7 Å². The fraction of sp³-hybridized carbons (Fsp3) is 0.938. The van der Waals surface area contributed by atoms with E-state index >= 15 is 0 Å². The summed E-state index contributed by atoms with van der Waals surface area (Å²) in [6.07, 6.45) is 7.28. The molecular weight excluding hydrogens is 224 g/mol. The Balaban J connectivity index is 3.81. The van der Waals surface area contributed by atoms with Crippen LogP contribution in [0.3, 0.4) is 0 Å². The maximum absolute atomic E-state index is 11.8. The highest BCUT2D eigenvalue weighted by Crippen LogP contribution is 2.20. The molecule has 2 heteroatoms. The van der Waals surface area contributed by atoms with Gasteiger partial charge in [-0.1, -0.05) is 46.5 Å². The van der Waals surface area contributed by atoms with Crippen molar-refractivity contribution >= 4 is 5.97 Å². The SMILES string of the molecule is CCCCCC(C)CCC(C)C(=O)OC(C)(C)C. The second-order valence-corrected chi connectivity index (χ2v) is 6.61. The van der Waals surface area contributed by atoms with Gasteiger partial charge in [0, 0.05) is 0 Å². The van der Waals surface area contributed by atoms with E-state index in [-0.39, 0.29) is 17.5 Å². The first-order chi connectivity index (χ1) is 8.26. The third-order valence-electron chi connectivity index (χ3n) is 3.20. The predicted molar refractivity (Wildman–Crippen MR) is 77.5 cm³/mol. The standard InChI is InChI=1S/C16H32O2/c1-7-8-9-10-13(2)11-12-14(3)15(17)18-16(4,5)6/h13-14H,7-12H2,1-6H3. The van der Waals surface area contributed by atoms with Gasteiger partial charge in [0.15, 0.2) is 0 Å². The van der Waals surface area contributed by atoms with Crippen LogP contribution in [-0.2, 0) is 9.53 Å². The van der Waals surface area contributed by atoms with Crippen LogP contribution in [-0.4, -0.2) is 11.6 Å². The predicted octanol–water partition coefficient (Wildman–Crippen LogP) is 4.96. The highest BCUT2D eigenvalue weighted by Gasteiger charge is 2.21. The van der Waals surface area contributed by atoms with E-state index in [2.05, 4.69) is 13.8 Å². The van der Waals surface area contributed by atoms with Crippen LogP contribution in [0.25, 0.3) is 0 Å². The molecule has 0 N–H and O–H groups in total. The molecule has 0 heterocycles. The van der Waals surface area contributed by atoms with Crippen LogP contribution in [0.15, 0.2) is 0 Å². The zero-order chi connectivity index (χ0) is 14.2. The van der Waals surface area contributed by atoms with Crippen molar-refractivity contribution in [3.05, 3.63) is 0 Å². The number of unbranched alkanes of at least 4 members (excludes halogenated alkanes) is 2. The van der Waals surface area contributed by atoms with Gasteiger partial charge in [0.2, 0.25) is 0 Å². The molecule has 2 atom stereocenters. The van der Waals surface area contributed by atoms with Gasteiger partial charge in [0.1, 0.15) is 5.60 Å². The van der Waals surface area contributed by atoms with Crippen molar-refractivity contribution in [1.29, 1.82) is 0 Å². The first-order valence-electron chi connectivity index (χ1n) is 7.49. The van der Waals surface area contributed by atoms with Crippen molar-refractivity contribution in [2.75, 3.05) is 0 Å². The number of carbonyl (C=O) groups excluding carboxylic acids is 1. The molecule has 0 aromatic carbocycles. The summed E-state index contributed by atoms with van der Waals surface area (Å²) in [4.78, 5) is 11.8. The van der Waals surface area contributed by atoms with Crippen LogP contribution in [0.5, 0.6) is 0 Å². The monoisotopic (exact) mass is 256 g/mol. The van der Waals surface area contributed by atoms with Crippen molar-refractivity contribution in [3.8, 4) is 0 Å². The van der Waals surface area contributed by atoms with Crippen LogP contribution in [0.2, 0.25) is 0 Å². The Kier molecular flexibility index (Phi) is 8.30. The summed E-state index contributed by atoms with van der Waals surface area (Å²) >= 11 is 0. The van der Waals surface area contributed by atoms with E-state index in [1.165, 1.54) is 25.7 Å². The topological polar surface area (TPSA) is 26.3 Å². The molecule has 0 aromatic heterocycles. The first-order valence-corrected chi connectivity index (χ1v) is 7.49. The number of ether oxygens (including phenoxy) is 1. The number of carbonyl (C=O) groups is 1. The molecular formula is C16H32O2.